The topological polar surface area (TPSA) is 110 Å². The Morgan fingerprint density at radius 2 is 2.23 bits per heavy atom. The van der Waals surface area contributed by atoms with E-state index in [1.165, 1.54) is 18.4 Å². The van der Waals surface area contributed by atoms with Crippen molar-refractivity contribution in [2.75, 3.05) is 11.9 Å². The highest BCUT2D eigenvalue weighted by atomic mass is 16.5. The maximum absolute atomic E-state index is 12.1. The lowest BCUT2D eigenvalue weighted by Crippen LogP contribution is -2.21. The largest absolute Gasteiger partial charge is 0.451 e. The number of aryl methyl sites for hydroxylation is 1. The number of ether oxygens (including phenoxy) is 1. The Hall–Kier alpha value is -3.34. The average molecular weight is 356 g/mol. The number of hydrogen-bond acceptors (Lipinski definition) is 6. The summed E-state index contributed by atoms with van der Waals surface area (Å²) in [4.78, 5) is 23.8. The molecule has 2 aromatic rings. The van der Waals surface area contributed by atoms with E-state index in [2.05, 4.69) is 26.5 Å². The van der Waals surface area contributed by atoms with Crippen LogP contribution in [0.25, 0.3) is 6.08 Å². The molecule has 0 radical (unpaired) electrons. The number of rotatable bonds is 7. The lowest BCUT2D eigenvalue weighted by Gasteiger charge is -2.07. The molecule has 26 heavy (non-hydrogen) atoms. The van der Waals surface area contributed by atoms with Gasteiger partial charge in [0.05, 0.1) is 0 Å². The standard InChI is InChI=1S/C18H20N4O4/c1-4-6-22-12(2)8-14(13(22)3)9-15(10-19)18(24)25-11-17(23)20-16-5-7-26-21-16/h5,7-9H,4,6,11H2,1-3H3,(H,20,21,23)/b15-9+. The summed E-state index contributed by atoms with van der Waals surface area (Å²) in [5, 5.41) is 15.2. The van der Waals surface area contributed by atoms with Gasteiger partial charge in [-0.15, -0.1) is 0 Å². The predicted molar refractivity (Wildman–Crippen MR) is 93.9 cm³/mol. The monoisotopic (exact) mass is 356 g/mol. The second kappa shape index (κ2) is 8.67. The normalized spacial score (nSPS) is 11.1. The third-order valence-electron chi connectivity index (χ3n) is 3.74. The molecule has 136 valence electrons. The molecule has 0 spiro atoms. The minimum atomic E-state index is -0.858. The van der Waals surface area contributed by atoms with Gasteiger partial charge in [-0.2, -0.15) is 5.26 Å². The Labute approximate surface area is 151 Å². The number of esters is 1. The number of amides is 1. The van der Waals surface area contributed by atoms with Gasteiger partial charge in [-0.25, -0.2) is 4.79 Å². The van der Waals surface area contributed by atoms with Crippen LogP contribution in [0.1, 0.15) is 30.3 Å². The quantitative estimate of drug-likeness (QED) is 0.464. The first-order valence-electron chi connectivity index (χ1n) is 8.12. The number of nitriles is 1. The molecule has 0 aliphatic carbocycles. The summed E-state index contributed by atoms with van der Waals surface area (Å²) >= 11 is 0. The van der Waals surface area contributed by atoms with Gasteiger partial charge in [0.25, 0.3) is 5.91 Å². The summed E-state index contributed by atoms with van der Waals surface area (Å²) in [6.45, 7) is 6.31. The number of nitrogens with one attached hydrogen (secondary N) is 1. The molecule has 2 rings (SSSR count). The van der Waals surface area contributed by atoms with Crippen molar-refractivity contribution in [3.8, 4) is 6.07 Å². The zero-order chi connectivity index (χ0) is 19.1. The van der Waals surface area contributed by atoms with Crippen LogP contribution in [-0.2, 0) is 20.9 Å². The molecule has 0 fully saturated rings. The lowest BCUT2D eigenvalue weighted by molar-refractivity contribution is -0.142. The van der Waals surface area contributed by atoms with E-state index in [1.54, 1.807) is 0 Å². The molecule has 2 heterocycles. The number of carbonyl (C=O) groups is 2. The van der Waals surface area contributed by atoms with Gasteiger partial charge in [-0.1, -0.05) is 12.1 Å². The fraction of sp³-hybridized carbons (Fsp3) is 0.333. The molecule has 0 unspecified atom stereocenters. The number of anilines is 1. The van der Waals surface area contributed by atoms with Crippen molar-refractivity contribution in [2.24, 2.45) is 0 Å². The van der Waals surface area contributed by atoms with Gasteiger partial charge < -0.3 is 19.1 Å². The van der Waals surface area contributed by atoms with Crippen LogP contribution >= 0.6 is 0 Å². The fourth-order valence-corrected chi connectivity index (χ4v) is 2.50. The zero-order valence-electron chi connectivity index (χ0n) is 14.9. The summed E-state index contributed by atoms with van der Waals surface area (Å²) in [7, 11) is 0. The number of carbonyl (C=O) groups excluding carboxylic acids is 2. The predicted octanol–water partition coefficient (Wildman–Crippen LogP) is 2.59. The summed E-state index contributed by atoms with van der Waals surface area (Å²) in [5.74, 6) is -1.22. The molecule has 0 aliphatic rings. The van der Waals surface area contributed by atoms with E-state index in [-0.39, 0.29) is 11.4 Å². The van der Waals surface area contributed by atoms with Gasteiger partial charge in [0.2, 0.25) is 0 Å². The van der Waals surface area contributed by atoms with Crippen molar-refractivity contribution in [2.45, 2.75) is 33.7 Å². The smallest absolute Gasteiger partial charge is 0.349 e. The summed E-state index contributed by atoms with van der Waals surface area (Å²) in [5.41, 5.74) is 2.62. The molecule has 0 aromatic carbocycles. The van der Waals surface area contributed by atoms with E-state index < -0.39 is 18.5 Å². The van der Waals surface area contributed by atoms with E-state index in [1.807, 2.05) is 26.0 Å². The van der Waals surface area contributed by atoms with Gasteiger partial charge in [-0.3, -0.25) is 4.79 Å². The van der Waals surface area contributed by atoms with Crippen molar-refractivity contribution in [3.63, 3.8) is 0 Å². The van der Waals surface area contributed by atoms with E-state index in [9.17, 15) is 14.9 Å². The maximum Gasteiger partial charge on any atom is 0.349 e. The lowest BCUT2D eigenvalue weighted by atomic mass is 10.1. The molecule has 1 amide bonds. The number of hydrogen-bond donors (Lipinski definition) is 1. The van der Waals surface area contributed by atoms with Gasteiger partial charge in [-0.05, 0) is 38.0 Å². The number of nitrogens with zero attached hydrogens (tertiary/aromatic N) is 3. The van der Waals surface area contributed by atoms with E-state index >= 15 is 0 Å². The molecule has 8 nitrogen and oxygen atoms in total. The van der Waals surface area contributed by atoms with E-state index in [0.717, 1.165) is 29.9 Å². The molecular weight excluding hydrogens is 336 g/mol. The molecule has 0 bridgehead atoms. The van der Waals surface area contributed by atoms with E-state index in [4.69, 9.17) is 4.74 Å². The molecule has 0 aliphatic heterocycles. The molecule has 0 saturated carbocycles. The Morgan fingerprint density at radius 1 is 1.46 bits per heavy atom. The van der Waals surface area contributed by atoms with Crippen LogP contribution in [0.2, 0.25) is 0 Å². The summed E-state index contributed by atoms with van der Waals surface area (Å²) < 4.78 is 11.6. The highest BCUT2D eigenvalue weighted by Crippen LogP contribution is 2.19. The Kier molecular flexibility index (Phi) is 6.33. The average Bonchev–Trinajstić information content (AvgIpc) is 3.21. The highest BCUT2D eigenvalue weighted by molar-refractivity contribution is 6.00. The summed E-state index contributed by atoms with van der Waals surface area (Å²) in [6, 6.07) is 5.19. The van der Waals surface area contributed by atoms with Crippen molar-refractivity contribution in [1.29, 1.82) is 5.26 Å². The van der Waals surface area contributed by atoms with Crippen LogP contribution < -0.4 is 5.32 Å². The van der Waals surface area contributed by atoms with Gasteiger partial charge in [0.15, 0.2) is 12.4 Å². The minimum Gasteiger partial charge on any atom is -0.451 e. The van der Waals surface area contributed by atoms with Gasteiger partial charge in [0, 0.05) is 24.0 Å². The third-order valence-corrected chi connectivity index (χ3v) is 3.74. The van der Waals surface area contributed by atoms with Crippen LogP contribution in [-0.4, -0.2) is 28.2 Å². The molecule has 8 heteroatoms. The van der Waals surface area contributed by atoms with Crippen molar-refractivity contribution < 1.29 is 18.8 Å². The van der Waals surface area contributed by atoms with Crippen LogP contribution in [0.4, 0.5) is 5.82 Å². The molecule has 0 atom stereocenters. The van der Waals surface area contributed by atoms with Crippen LogP contribution in [0.3, 0.4) is 0 Å². The van der Waals surface area contributed by atoms with Crippen LogP contribution in [0.5, 0.6) is 0 Å². The molecule has 0 saturated heterocycles. The van der Waals surface area contributed by atoms with E-state index in [0.29, 0.717) is 0 Å². The second-order valence-electron chi connectivity index (χ2n) is 5.66. The van der Waals surface area contributed by atoms with Crippen molar-refractivity contribution >= 4 is 23.8 Å². The Bertz CT molecular complexity index is 857. The van der Waals surface area contributed by atoms with Crippen molar-refractivity contribution in [3.05, 3.63) is 40.9 Å². The first-order chi connectivity index (χ1) is 12.5. The maximum atomic E-state index is 12.1. The van der Waals surface area contributed by atoms with Crippen LogP contribution in [0.15, 0.2) is 28.5 Å². The SMILES string of the molecule is CCCn1c(C)cc(/C=C(\C#N)C(=O)OCC(=O)Nc2ccon2)c1C. The number of aromatic nitrogens is 2. The van der Waals surface area contributed by atoms with Crippen LogP contribution in [0, 0.1) is 25.2 Å². The zero-order valence-corrected chi connectivity index (χ0v) is 14.9. The molecular formula is C18H20N4O4. The van der Waals surface area contributed by atoms with Gasteiger partial charge in [0.1, 0.15) is 17.9 Å². The van der Waals surface area contributed by atoms with Crippen molar-refractivity contribution in [1.82, 2.24) is 9.72 Å². The molecule has 2 aromatic heterocycles. The first kappa shape index (κ1) is 19.0. The fourth-order valence-electron chi connectivity index (χ4n) is 2.50. The third kappa shape index (κ3) is 4.60. The van der Waals surface area contributed by atoms with Gasteiger partial charge >= 0.3 is 5.97 Å². The second-order valence-corrected chi connectivity index (χ2v) is 5.66. The minimum absolute atomic E-state index is 0.170. The highest BCUT2D eigenvalue weighted by Gasteiger charge is 2.15. The summed E-state index contributed by atoms with van der Waals surface area (Å²) in [6.07, 6.45) is 3.76. The Morgan fingerprint density at radius 3 is 2.85 bits per heavy atom. The first-order valence-corrected chi connectivity index (χ1v) is 8.12. The Balaban J connectivity index is 2.04. The molecule has 1 N–H and O–H groups in total.